The number of likely N-dealkylation sites (tertiary alicyclic amines) is 1. The monoisotopic (exact) mass is 383 g/mol. The maximum atomic E-state index is 12.7. The van der Waals surface area contributed by atoms with Crippen LogP contribution in [0.5, 0.6) is 0 Å². The molecule has 26 heavy (non-hydrogen) atoms. The summed E-state index contributed by atoms with van der Waals surface area (Å²) in [6, 6.07) is 4.99. The molecular weight excluding hydrogens is 363 g/mol. The first-order chi connectivity index (χ1) is 12.2. The van der Waals surface area contributed by atoms with Gasteiger partial charge in [0, 0.05) is 11.6 Å². The third-order valence-electron chi connectivity index (χ3n) is 4.52. The Morgan fingerprint density at radius 3 is 2.42 bits per heavy atom. The van der Waals surface area contributed by atoms with Gasteiger partial charge < -0.3 is 10.2 Å². The van der Waals surface area contributed by atoms with Gasteiger partial charge in [-0.25, -0.2) is 4.98 Å². The highest BCUT2D eigenvalue weighted by atomic mass is 32.1. The number of hydrogen-bond acceptors (Lipinski definition) is 4. The van der Waals surface area contributed by atoms with E-state index in [0.717, 1.165) is 38.1 Å². The zero-order chi connectivity index (χ0) is 18.9. The number of thiazole rings is 1. The van der Waals surface area contributed by atoms with E-state index in [-0.39, 0.29) is 11.9 Å². The van der Waals surface area contributed by atoms with Gasteiger partial charge in [-0.05, 0) is 52.0 Å². The van der Waals surface area contributed by atoms with Gasteiger partial charge in [0.25, 0.3) is 5.91 Å². The first-order valence-electron chi connectivity index (χ1n) is 8.38. The number of carbonyl (C=O) groups excluding carboxylic acids is 1. The fraction of sp³-hybridized carbons (Fsp3) is 0.444. The van der Waals surface area contributed by atoms with Crippen LogP contribution in [0.25, 0.3) is 10.6 Å². The third-order valence-corrected chi connectivity index (χ3v) is 5.72. The van der Waals surface area contributed by atoms with Crippen LogP contribution in [0.1, 0.15) is 33.8 Å². The van der Waals surface area contributed by atoms with E-state index < -0.39 is 11.7 Å². The lowest BCUT2D eigenvalue weighted by molar-refractivity contribution is -0.137. The average Bonchev–Trinajstić information content (AvgIpc) is 2.98. The van der Waals surface area contributed by atoms with E-state index in [0.29, 0.717) is 21.1 Å². The van der Waals surface area contributed by atoms with Gasteiger partial charge >= 0.3 is 6.18 Å². The van der Waals surface area contributed by atoms with Crippen molar-refractivity contribution in [2.45, 2.75) is 32.0 Å². The standard InChI is InChI=1S/C18H20F3N3OS/c1-11-15(16(25)23-14-7-9-24(2)10-8-14)26-17(22-11)12-3-5-13(6-4-12)18(19,20)21/h3-6,14H,7-10H2,1-2H3,(H,23,25). The topological polar surface area (TPSA) is 45.2 Å². The van der Waals surface area contributed by atoms with Crippen molar-refractivity contribution in [2.75, 3.05) is 20.1 Å². The molecule has 2 aromatic rings. The molecule has 0 unspecified atom stereocenters. The number of nitrogens with zero attached hydrogens (tertiary/aromatic N) is 2. The van der Waals surface area contributed by atoms with Gasteiger partial charge in [-0.3, -0.25) is 4.79 Å². The van der Waals surface area contributed by atoms with Gasteiger partial charge in [0.1, 0.15) is 9.88 Å². The number of hydrogen-bond donors (Lipinski definition) is 1. The largest absolute Gasteiger partial charge is 0.416 e. The number of rotatable bonds is 3. The van der Waals surface area contributed by atoms with Crippen LogP contribution in [0.15, 0.2) is 24.3 Å². The molecule has 4 nitrogen and oxygen atoms in total. The normalized spacial score (nSPS) is 16.7. The lowest BCUT2D eigenvalue weighted by Crippen LogP contribution is -2.43. The lowest BCUT2D eigenvalue weighted by Gasteiger charge is -2.29. The second-order valence-corrected chi connectivity index (χ2v) is 7.56. The fourth-order valence-electron chi connectivity index (χ4n) is 2.94. The van der Waals surface area contributed by atoms with Crippen molar-refractivity contribution in [2.24, 2.45) is 0 Å². The first kappa shape index (κ1) is 18.8. The Labute approximate surface area is 154 Å². The number of alkyl halides is 3. The van der Waals surface area contributed by atoms with Crippen LogP contribution in [-0.2, 0) is 6.18 Å². The number of benzene rings is 1. The van der Waals surface area contributed by atoms with Gasteiger partial charge in [-0.1, -0.05) is 12.1 Å². The van der Waals surface area contributed by atoms with Crippen LogP contribution in [0.4, 0.5) is 13.2 Å². The molecule has 3 rings (SSSR count). The summed E-state index contributed by atoms with van der Waals surface area (Å²) in [6.45, 7) is 3.64. The van der Waals surface area contributed by atoms with Gasteiger partial charge in [0.2, 0.25) is 0 Å². The Hall–Kier alpha value is -1.93. The smallest absolute Gasteiger partial charge is 0.348 e. The minimum absolute atomic E-state index is 0.148. The van der Waals surface area contributed by atoms with Crippen LogP contribution in [0, 0.1) is 6.92 Å². The average molecular weight is 383 g/mol. The third kappa shape index (κ3) is 4.24. The van der Waals surface area contributed by atoms with Crippen LogP contribution in [0.3, 0.4) is 0 Å². The second kappa shape index (κ2) is 7.36. The number of carbonyl (C=O) groups is 1. The molecule has 1 N–H and O–H groups in total. The maximum Gasteiger partial charge on any atom is 0.416 e. The molecule has 1 aliphatic rings. The quantitative estimate of drug-likeness (QED) is 0.873. The first-order valence-corrected chi connectivity index (χ1v) is 9.20. The summed E-state index contributed by atoms with van der Waals surface area (Å²) in [5.41, 5.74) is 0.467. The van der Waals surface area contributed by atoms with Crippen LogP contribution in [0.2, 0.25) is 0 Å². The summed E-state index contributed by atoms with van der Waals surface area (Å²) >= 11 is 1.21. The molecule has 1 saturated heterocycles. The molecule has 0 radical (unpaired) electrons. The number of amides is 1. The zero-order valence-corrected chi connectivity index (χ0v) is 15.4. The molecule has 0 spiro atoms. The molecule has 2 heterocycles. The molecule has 1 aliphatic heterocycles. The van der Waals surface area contributed by atoms with E-state index >= 15 is 0 Å². The van der Waals surface area contributed by atoms with Crippen LogP contribution >= 0.6 is 11.3 Å². The van der Waals surface area contributed by atoms with Crippen molar-refractivity contribution in [1.82, 2.24) is 15.2 Å². The Bertz CT molecular complexity index is 778. The summed E-state index contributed by atoms with van der Waals surface area (Å²) in [5, 5.41) is 3.59. The molecule has 140 valence electrons. The Morgan fingerprint density at radius 1 is 1.23 bits per heavy atom. The van der Waals surface area contributed by atoms with E-state index in [4.69, 9.17) is 0 Å². The van der Waals surface area contributed by atoms with E-state index in [1.54, 1.807) is 6.92 Å². The molecule has 8 heteroatoms. The van der Waals surface area contributed by atoms with E-state index in [1.807, 2.05) is 0 Å². The molecular formula is C18H20F3N3OS. The maximum absolute atomic E-state index is 12.7. The van der Waals surface area contributed by atoms with Crippen molar-refractivity contribution in [3.8, 4) is 10.6 Å². The lowest BCUT2D eigenvalue weighted by atomic mass is 10.1. The van der Waals surface area contributed by atoms with E-state index in [9.17, 15) is 18.0 Å². The number of piperidine rings is 1. The Kier molecular flexibility index (Phi) is 5.34. The summed E-state index contributed by atoms with van der Waals surface area (Å²) in [7, 11) is 2.06. The van der Waals surface area contributed by atoms with Crippen molar-refractivity contribution < 1.29 is 18.0 Å². The summed E-state index contributed by atoms with van der Waals surface area (Å²) < 4.78 is 38.0. The Balaban J connectivity index is 1.73. The van der Waals surface area contributed by atoms with Crippen LogP contribution < -0.4 is 5.32 Å². The van der Waals surface area contributed by atoms with Crippen molar-refractivity contribution in [3.05, 3.63) is 40.4 Å². The molecule has 1 amide bonds. The van der Waals surface area contributed by atoms with Gasteiger partial charge in [-0.15, -0.1) is 11.3 Å². The SMILES string of the molecule is Cc1nc(-c2ccc(C(F)(F)F)cc2)sc1C(=O)NC1CCN(C)CC1. The molecule has 1 fully saturated rings. The van der Waals surface area contributed by atoms with Gasteiger partial charge in [0.15, 0.2) is 0 Å². The highest BCUT2D eigenvalue weighted by Gasteiger charge is 2.30. The highest BCUT2D eigenvalue weighted by Crippen LogP contribution is 2.33. The summed E-state index contributed by atoms with van der Waals surface area (Å²) in [4.78, 5) is 19.6. The Morgan fingerprint density at radius 2 is 1.85 bits per heavy atom. The molecule has 0 atom stereocenters. The van der Waals surface area contributed by atoms with Crippen molar-refractivity contribution in [3.63, 3.8) is 0 Å². The zero-order valence-electron chi connectivity index (χ0n) is 14.6. The van der Waals surface area contributed by atoms with Gasteiger partial charge in [-0.2, -0.15) is 13.2 Å². The predicted molar refractivity (Wildman–Crippen MR) is 95.3 cm³/mol. The summed E-state index contributed by atoms with van der Waals surface area (Å²) in [5.74, 6) is -0.160. The van der Waals surface area contributed by atoms with E-state index in [2.05, 4.69) is 22.2 Å². The number of aromatic nitrogens is 1. The number of nitrogens with one attached hydrogen (secondary N) is 1. The van der Waals surface area contributed by atoms with Crippen LogP contribution in [-0.4, -0.2) is 42.0 Å². The van der Waals surface area contributed by atoms with Crippen molar-refractivity contribution >= 4 is 17.2 Å². The summed E-state index contributed by atoms with van der Waals surface area (Å²) in [6.07, 6.45) is -2.55. The molecule has 0 aliphatic carbocycles. The molecule has 1 aromatic carbocycles. The highest BCUT2D eigenvalue weighted by molar-refractivity contribution is 7.17. The van der Waals surface area contributed by atoms with Crippen molar-refractivity contribution in [1.29, 1.82) is 0 Å². The molecule has 1 aromatic heterocycles. The predicted octanol–water partition coefficient (Wildman–Crippen LogP) is 3.96. The van der Waals surface area contributed by atoms with E-state index in [1.165, 1.54) is 23.5 Å². The van der Waals surface area contributed by atoms with Gasteiger partial charge in [0.05, 0.1) is 11.3 Å². The molecule has 0 saturated carbocycles. The second-order valence-electron chi connectivity index (χ2n) is 6.56. The minimum Gasteiger partial charge on any atom is -0.348 e. The molecule has 0 bridgehead atoms. The minimum atomic E-state index is -4.36. The fourth-order valence-corrected chi connectivity index (χ4v) is 3.91. The number of halogens is 3. The number of aryl methyl sites for hydroxylation is 1.